The van der Waals surface area contributed by atoms with Gasteiger partial charge in [0.1, 0.15) is 12.1 Å². The zero-order chi connectivity index (χ0) is 36.8. The summed E-state index contributed by atoms with van der Waals surface area (Å²) in [5, 5.41) is 26.5. The number of aromatic nitrogens is 1. The quantitative estimate of drug-likeness (QED) is 0.0715. The second kappa shape index (κ2) is 18.7. The normalized spacial score (nSPS) is 14.4. The maximum absolute atomic E-state index is 13.8. The zero-order valence-electron chi connectivity index (χ0n) is 30.0. The molecule has 12 heteroatoms. The van der Waals surface area contributed by atoms with Crippen LogP contribution in [-0.2, 0) is 20.8 Å². The van der Waals surface area contributed by atoms with Crippen LogP contribution in [0, 0.1) is 10.6 Å². The predicted molar refractivity (Wildman–Crippen MR) is 195 cm³/mol. The molecule has 0 saturated carbocycles. The first-order valence-corrected chi connectivity index (χ1v) is 17.2. The third kappa shape index (κ3) is 13.1. The molecule has 1 heterocycles. The minimum atomic E-state index is -0.925. The van der Waals surface area contributed by atoms with Crippen molar-refractivity contribution in [2.75, 3.05) is 12.3 Å². The number of carbonyl (C=O) groups is 4. The average molecular weight is 688 g/mol. The number of pyridine rings is 1. The number of nitrogen functional groups attached to an aromatic ring is 1. The molecule has 0 radical (unpaired) electrons. The van der Waals surface area contributed by atoms with Crippen LogP contribution >= 0.6 is 0 Å². The van der Waals surface area contributed by atoms with Crippen LogP contribution in [0.2, 0.25) is 0 Å². The maximum Gasteiger partial charge on any atom is 0.252 e. The van der Waals surface area contributed by atoms with Crippen LogP contribution in [0.1, 0.15) is 88.3 Å². The van der Waals surface area contributed by atoms with Gasteiger partial charge in [-0.2, -0.15) is 4.73 Å². The molecule has 0 fully saturated rings. The monoisotopic (exact) mass is 687 g/mol. The summed E-state index contributed by atoms with van der Waals surface area (Å²) in [6.45, 7) is 11.8. The number of hydrogen-bond acceptors (Lipinski definition) is 7. The largest absolute Gasteiger partial charge is 0.619 e. The van der Waals surface area contributed by atoms with Crippen molar-refractivity contribution in [1.29, 1.82) is 0 Å². The number of benzene rings is 2. The molecule has 0 unspecified atom stereocenters. The summed E-state index contributed by atoms with van der Waals surface area (Å²) in [5.74, 6) is -1.53. The molecule has 12 nitrogen and oxygen atoms in total. The van der Waals surface area contributed by atoms with Crippen LogP contribution in [0.15, 0.2) is 79.1 Å². The van der Waals surface area contributed by atoms with E-state index in [1.807, 2.05) is 77.1 Å². The number of nitrogens with zero attached hydrogens (tertiary/aromatic N) is 1. The topological polar surface area (TPSA) is 181 Å². The minimum absolute atomic E-state index is 0.190. The molecule has 3 rings (SSSR count). The predicted octanol–water partition coefficient (Wildman–Crippen LogP) is 3.30. The Balaban J connectivity index is 1.70. The van der Waals surface area contributed by atoms with E-state index in [1.165, 1.54) is 24.5 Å². The van der Waals surface area contributed by atoms with Gasteiger partial charge in [-0.15, -0.1) is 0 Å². The van der Waals surface area contributed by atoms with E-state index in [-0.39, 0.29) is 28.8 Å². The van der Waals surface area contributed by atoms with Crippen LogP contribution in [-0.4, -0.2) is 54.3 Å². The van der Waals surface area contributed by atoms with E-state index in [1.54, 1.807) is 19.1 Å². The second-order valence-corrected chi connectivity index (χ2v) is 14.0. The number of amides is 4. The summed E-state index contributed by atoms with van der Waals surface area (Å²) in [5.41, 5.74) is 8.29. The lowest BCUT2D eigenvalue weighted by Gasteiger charge is -2.29. The molecule has 0 spiro atoms. The fraction of sp³-hybridized carbons (Fsp3) is 0.447. The van der Waals surface area contributed by atoms with Gasteiger partial charge in [0.15, 0.2) is 12.4 Å². The Morgan fingerprint density at radius 2 is 1.42 bits per heavy atom. The highest BCUT2D eigenvalue weighted by atomic mass is 16.5. The summed E-state index contributed by atoms with van der Waals surface area (Å²) in [4.78, 5) is 53.6. The standard InChI is InChI=1S/C38H53N7O5/c1-7-11-32(43-37(49)33(23-38(4,5)6)44-35(47)29-18-20-45(50)21-19-29)36(48)42-31(22-27-12-9-8-10-13-27)24-40-26(3)34(46)41-25(2)28-14-16-30(39)17-15-28/h8-10,12-21,25-26,31-33,40H,7,11,22-24,39H2,1-6H3,(H,41,46)(H,42,48)(H,43,49)(H,44,47)/t25-,26+,31+,32+,33+/m1/s1. The molecule has 270 valence electrons. The van der Waals surface area contributed by atoms with E-state index in [0.29, 0.717) is 42.6 Å². The van der Waals surface area contributed by atoms with Crippen LogP contribution < -0.4 is 37.0 Å². The van der Waals surface area contributed by atoms with E-state index in [9.17, 15) is 24.4 Å². The number of nitrogens with two attached hydrogens (primary N) is 1. The second-order valence-electron chi connectivity index (χ2n) is 14.0. The third-order valence-electron chi connectivity index (χ3n) is 8.24. The van der Waals surface area contributed by atoms with Gasteiger partial charge in [0.25, 0.3) is 5.91 Å². The van der Waals surface area contributed by atoms with Gasteiger partial charge >= 0.3 is 0 Å². The van der Waals surface area contributed by atoms with Crippen molar-refractivity contribution < 1.29 is 23.9 Å². The summed E-state index contributed by atoms with van der Waals surface area (Å²) in [6.07, 6.45) is 4.24. The first-order chi connectivity index (χ1) is 23.6. The van der Waals surface area contributed by atoms with Gasteiger partial charge in [-0.25, -0.2) is 0 Å². The summed E-state index contributed by atoms with van der Waals surface area (Å²) in [7, 11) is 0. The van der Waals surface area contributed by atoms with Crippen molar-refractivity contribution in [2.45, 2.75) is 97.4 Å². The number of carbonyl (C=O) groups excluding carboxylic acids is 4. The molecular weight excluding hydrogens is 634 g/mol. The van der Waals surface area contributed by atoms with Crippen LogP contribution in [0.3, 0.4) is 0 Å². The first-order valence-electron chi connectivity index (χ1n) is 17.2. The first kappa shape index (κ1) is 39.5. The molecular formula is C38H53N7O5. The fourth-order valence-corrected chi connectivity index (χ4v) is 5.45. The van der Waals surface area contributed by atoms with Gasteiger partial charge in [0.2, 0.25) is 17.7 Å². The molecule has 0 aliphatic rings. The highest BCUT2D eigenvalue weighted by Crippen LogP contribution is 2.21. The Morgan fingerprint density at radius 3 is 2.02 bits per heavy atom. The fourth-order valence-electron chi connectivity index (χ4n) is 5.45. The SMILES string of the molecule is CCC[C@H](NC(=O)[C@H](CC(C)(C)C)NC(=O)c1cc[n+]([O-])cc1)C(=O)N[C@H](CN[C@@H](C)C(=O)N[C@H](C)c1ccc(N)cc1)Cc1ccccc1. The van der Waals surface area contributed by atoms with Crippen molar-refractivity contribution in [2.24, 2.45) is 5.41 Å². The molecule has 4 amide bonds. The molecule has 0 saturated heterocycles. The summed E-state index contributed by atoms with van der Waals surface area (Å²) in [6, 6.07) is 16.8. The van der Waals surface area contributed by atoms with Gasteiger partial charge in [0, 0.05) is 30.4 Å². The van der Waals surface area contributed by atoms with E-state index in [2.05, 4.69) is 26.6 Å². The highest BCUT2D eigenvalue weighted by Gasteiger charge is 2.31. The van der Waals surface area contributed by atoms with Gasteiger partial charge in [-0.05, 0) is 61.8 Å². The van der Waals surface area contributed by atoms with Crippen molar-refractivity contribution >= 4 is 29.3 Å². The molecule has 50 heavy (non-hydrogen) atoms. The molecule has 1 aromatic heterocycles. The van der Waals surface area contributed by atoms with E-state index in [4.69, 9.17) is 5.73 Å². The van der Waals surface area contributed by atoms with E-state index in [0.717, 1.165) is 11.1 Å². The van der Waals surface area contributed by atoms with E-state index >= 15 is 0 Å². The molecule has 3 aromatic rings. The molecule has 7 N–H and O–H groups in total. The molecule has 5 atom stereocenters. The van der Waals surface area contributed by atoms with Crippen molar-refractivity contribution in [3.05, 3.63) is 101 Å². The molecule has 0 bridgehead atoms. The molecule has 0 aliphatic carbocycles. The smallest absolute Gasteiger partial charge is 0.252 e. The third-order valence-corrected chi connectivity index (χ3v) is 8.24. The van der Waals surface area contributed by atoms with Crippen LogP contribution in [0.4, 0.5) is 5.69 Å². The molecule has 0 aliphatic heterocycles. The Morgan fingerprint density at radius 1 is 0.800 bits per heavy atom. The van der Waals surface area contributed by atoms with Gasteiger partial charge in [0.05, 0.1) is 17.6 Å². The maximum atomic E-state index is 13.8. The number of rotatable bonds is 17. The highest BCUT2D eigenvalue weighted by molar-refractivity contribution is 5.98. The van der Waals surface area contributed by atoms with Crippen molar-refractivity contribution in [1.82, 2.24) is 26.6 Å². The number of nitrogens with one attached hydrogen (secondary N) is 5. The van der Waals surface area contributed by atoms with Crippen LogP contribution in [0.25, 0.3) is 0 Å². The van der Waals surface area contributed by atoms with Crippen molar-refractivity contribution in [3.8, 4) is 0 Å². The Labute approximate surface area is 295 Å². The Kier molecular flexibility index (Phi) is 14.8. The average Bonchev–Trinajstić information content (AvgIpc) is 3.06. The van der Waals surface area contributed by atoms with Crippen molar-refractivity contribution in [3.63, 3.8) is 0 Å². The number of anilines is 1. The van der Waals surface area contributed by atoms with E-state index < -0.39 is 36.0 Å². The minimum Gasteiger partial charge on any atom is -0.619 e. The lowest BCUT2D eigenvalue weighted by molar-refractivity contribution is -0.605. The van der Waals surface area contributed by atoms with Gasteiger partial charge in [-0.3, -0.25) is 19.2 Å². The summed E-state index contributed by atoms with van der Waals surface area (Å²) < 4.78 is 0.573. The summed E-state index contributed by atoms with van der Waals surface area (Å²) >= 11 is 0. The lowest BCUT2D eigenvalue weighted by atomic mass is 9.87. The zero-order valence-corrected chi connectivity index (χ0v) is 30.0. The van der Waals surface area contributed by atoms with Gasteiger partial charge in [-0.1, -0.05) is 76.6 Å². The number of hydrogen-bond donors (Lipinski definition) is 6. The molecule has 2 aromatic carbocycles. The van der Waals surface area contributed by atoms with Crippen LogP contribution in [0.5, 0.6) is 0 Å². The lowest BCUT2D eigenvalue weighted by Crippen LogP contribution is -2.57. The Bertz CT molecular complexity index is 1540. The Hall–Kier alpha value is -4.97. The van der Waals surface area contributed by atoms with Gasteiger partial charge < -0.3 is 37.5 Å².